The van der Waals surface area contributed by atoms with E-state index in [0.717, 1.165) is 54.1 Å². The molecule has 3 atom stereocenters. The Balaban J connectivity index is 1.26. The van der Waals surface area contributed by atoms with E-state index in [9.17, 15) is 4.79 Å². The molecule has 1 amide bonds. The fourth-order valence-corrected chi connectivity index (χ4v) is 5.04. The van der Waals surface area contributed by atoms with Gasteiger partial charge in [0.1, 0.15) is 23.4 Å². The molecule has 37 heavy (non-hydrogen) atoms. The average molecular weight is 500 g/mol. The number of piperidine rings is 1. The first kappa shape index (κ1) is 23.4. The largest absolute Gasteiger partial charge is 0.488 e. The van der Waals surface area contributed by atoms with E-state index < -0.39 is 0 Å². The van der Waals surface area contributed by atoms with E-state index in [1.807, 2.05) is 31.5 Å². The minimum Gasteiger partial charge on any atom is -0.488 e. The van der Waals surface area contributed by atoms with Crippen LogP contribution in [0.1, 0.15) is 29.0 Å². The van der Waals surface area contributed by atoms with Crippen LogP contribution in [-0.2, 0) is 4.74 Å². The van der Waals surface area contributed by atoms with E-state index in [-0.39, 0.29) is 12.0 Å². The Morgan fingerprint density at radius 1 is 1.14 bits per heavy atom. The molecule has 2 aliphatic rings. The fraction of sp³-hybridized carbons (Fsp3) is 0.333. The lowest BCUT2D eigenvalue weighted by Gasteiger charge is -2.40. The van der Waals surface area contributed by atoms with Gasteiger partial charge in [0.2, 0.25) is 0 Å². The lowest BCUT2D eigenvalue weighted by Crippen LogP contribution is -2.56. The van der Waals surface area contributed by atoms with Crippen LogP contribution in [0, 0.1) is 6.92 Å². The van der Waals surface area contributed by atoms with E-state index in [1.54, 1.807) is 29.8 Å². The van der Waals surface area contributed by atoms with Crippen molar-refractivity contribution in [3.63, 3.8) is 0 Å². The predicted molar refractivity (Wildman–Crippen MR) is 139 cm³/mol. The molecule has 4 aromatic heterocycles. The number of pyridine rings is 3. The SMILES string of the molecule is CNC(=O)c1cccc(Nc2cc3cc(-c4cc(C)ncc4O[C@H]4C[C@H]5COC[C@@H](C4)N5)ccn3n2)n1. The quantitative estimate of drug-likeness (QED) is 0.371. The number of rotatable bonds is 6. The van der Waals surface area contributed by atoms with Gasteiger partial charge in [-0.15, -0.1) is 0 Å². The molecule has 0 spiro atoms. The molecule has 2 aliphatic heterocycles. The maximum atomic E-state index is 11.9. The number of amides is 1. The van der Waals surface area contributed by atoms with E-state index in [1.165, 1.54) is 0 Å². The first-order valence-corrected chi connectivity index (χ1v) is 12.5. The molecule has 0 aromatic carbocycles. The topological polar surface area (TPSA) is 115 Å². The van der Waals surface area contributed by atoms with Crippen molar-refractivity contribution in [2.75, 3.05) is 25.6 Å². The van der Waals surface area contributed by atoms with Crippen LogP contribution < -0.4 is 20.7 Å². The highest BCUT2D eigenvalue weighted by molar-refractivity contribution is 5.92. The van der Waals surface area contributed by atoms with Gasteiger partial charge in [-0.3, -0.25) is 9.78 Å². The van der Waals surface area contributed by atoms with Crippen LogP contribution in [0.3, 0.4) is 0 Å². The molecule has 10 nitrogen and oxygen atoms in total. The van der Waals surface area contributed by atoms with Gasteiger partial charge in [0.05, 0.1) is 24.9 Å². The maximum absolute atomic E-state index is 11.9. The Kier molecular flexibility index (Phi) is 6.19. The number of ether oxygens (including phenoxy) is 2. The molecular weight excluding hydrogens is 470 g/mol. The number of carbonyl (C=O) groups is 1. The summed E-state index contributed by atoms with van der Waals surface area (Å²) in [4.78, 5) is 20.8. The first-order valence-electron chi connectivity index (χ1n) is 12.5. The Hall–Kier alpha value is -4.02. The Labute approximate surface area is 214 Å². The van der Waals surface area contributed by atoms with Gasteiger partial charge in [-0.05, 0) is 42.8 Å². The molecule has 2 fully saturated rings. The summed E-state index contributed by atoms with van der Waals surface area (Å²) < 4.78 is 14.0. The Morgan fingerprint density at radius 2 is 1.97 bits per heavy atom. The van der Waals surface area contributed by atoms with Crippen LogP contribution in [0.5, 0.6) is 5.75 Å². The van der Waals surface area contributed by atoms with Crippen LogP contribution in [0.15, 0.2) is 54.9 Å². The van der Waals surface area contributed by atoms with Crippen LogP contribution in [0.2, 0.25) is 0 Å². The molecule has 0 unspecified atom stereocenters. The van der Waals surface area contributed by atoms with Crippen molar-refractivity contribution in [3.05, 3.63) is 66.2 Å². The molecule has 0 saturated carbocycles. The fourth-order valence-electron chi connectivity index (χ4n) is 5.04. The zero-order chi connectivity index (χ0) is 25.4. The monoisotopic (exact) mass is 499 g/mol. The smallest absolute Gasteiger partial charge is 0.269 e. The molecule has 10 heteroatoms. The molecular formula is C27H29N7O3. The number of nitrogens with one attached hydrogen (secondary N) is 3. The molecule has 2 saturated heterocycles. The molecule has 0 radical (unpaired) electrons. The normalized spacial score (nSPS) is 21.0. The number of aryl methyl sites for hydroxylation is 1. The highest BCUT2D eigenvalue weighted by Crippen LogP contribution is 2.34. The van der Waals surface area contributed by atoms with E-state index in [0.29, 0.717) is 29.4 Å². The Bertz CT molecular complexity index is 1440. The lowest BCUT2D eigenvalue weighted by molar-refractivity contribution is -0.0122. The van der Waals surface area contributed by atoms with Gasteiger partial charge in [0, 0.05) is 55.5 Å². The average Bonchev–Trinajstić information content (AvgIpc) is 3.30. The number of hydrogen-bond donors (Lipinski definition) is 3. The second-order valence-corrected chi connectivity index (χ2v) is 9.56. The van der Waals surface area contributed by atoms with Crippen molar-refractivity contribution in [1.29, 1.82) is 0 Å². The number of fused-ring (bicyclic) bond motifs is 3. The number of morpholine rings is 1. The van der Waals surface area contributed by atoms with Crippen LogP contribution in [0.25, 0.3) is 16.6 Å². The van der Waals surface area contributed by atoms with Gasteiger partial charge < -0.3 is 25.4 Å². The summed E-state index contributed by atoms with van der Waals surface area (Å²) in [7, 11) is 1.58. The maximum Gasteiger partial charge on any atom is 0.269 e. The van der Waals surface area contributed by atoms with Gasteiger partial charge in [0.25, 0.3) is 5.91 Å². The highest BCUT2D eigenvalue weighted by atomic mass is 16.5. The lowest BCUT2D eigenvalue weighted by atomic mass is 9.94. The first-order chi connectivity index (χ1) is 18.0. The van der Waals surface area contributed by atoms with Crippen molar-refractivity contribution >= 4 is 23.1 Å². The summed E-state index contributed by atoms with van der Waals surface area (Å²) in [5.41, 5.74) is 4.21. The summed E-state index contributed by atoms with van der Waals surface area (Å²) in [5.74, 6) is 1.72. The summed E-state index contributed by atoms with van der Waals surface area (Å²) >= 11 is 0. The summed E-state index contributed by atoms with van der Waals surface area (Å²) in [6, 6.07) is 14.0. The van der Waals surface area contributed by atoms with Gasteiger partial charge in [0.15, 0.2) is 5.82 Å². The Morgan fingerprint density at radius 3 is 2.78 bits per heavy atom. The minimum absolute atomic E-state index is 0.121. The van der Waals surface area contributed by atoms with Gasteiger partial charge >= 0.3 is 0 Å². The predicted octanol–water partition coefficient (Wildman–Crippen LogP) is 3.10. The minimum atomic E-state index is -0.241. The summed E-state index contributed by atoms with van der Waals surface area (Å²) in [6.07, 6.45) is 5.70. The standard InChI is InChI=1S/C27H29N7O3/c1-16-8-22(24(13-29-16)37-21-10-18-14-36-15-19(11-21)30-18)17-6-7-34-20(9-17)12-26(33-34)32-25-5-3-4-23(31-25)27(35)28-2/h3-9,12-13,18-19,21,30H,10-11,14-15H2,1-2H3,(H,28,35)(H,31,32,33)/t18-,19+,21-. The van der Waals surface area contributed by atoms with Crippen LogP contribution in [-0.4, -0.2) is 63.9 Å². The zero-order valence-electron chi connectivity index (χ0n) is 20.8. The highest BCUT2D eigenvalue weighted by Gasteiger charge is 2.33. The molecule has 6 heterocycles. The molecule has 6 rings (SSSR count). The number of nitrogens with zero attached hydrogens (tertiary/aromatic N) is 4. The molecule has 4 aromatic rings. The third-order valence-corrected chi connectivity index (χ3v) is 6.74. The second kappa shape index (κ2) is 9.79. The van der Waals surface area contributed by atoms with E-state index >= 15 is 0 Å². The van der Waals surface area contributed by atoms with Gasteiger partial charge in [-0.2, -0.15) is 5.10 Å². The summed E-state index contributed by atoms with van der Waals surface area (Å²) in [5, 5.41) is 14.0. The second-order valence-electron chi connectivity index (χ2n) is 9.56. The van der Waals surface area contributed by atoms with E-state index in [4.69, 9.17) is 9.47 Å². The number of aromatic nitrogens is 4. The van der Waals surface area contributed by atoms with Crippen molar-refractivity contribution in [3.8, 4) is 16.9 Å². The van der Waals surface area contributed by atoms with Gasteiger partial charge in [-0.1, -0.05) is 6.07 Å². The number of anilines is 2. The third-order valence-electron chi connectivity index (χ3n) is 6.74. The van der Waals surface area contributed by atoms with Crippen molar-refractivity contribution in [1.82, 2.24) is 30.2 Å². The summed E-state index contributed by atoms with van der Waals surface area (Å²) in [6.45, 7) is 3.45. The van der Waals surface area contributed by atoms with Gasteiger partial charge in [-0.25, -0.2) is 9.50 Å². The molecule has 0 aliphatic carbocycles. The van der Waals surface area contributed by atoms with Crippen LogP contribution in [0.4, 0.5) is 11.6 Å². The number of hydrogen-bond acceptors (Lipinski definition) is 8. The molecule has 190 valence electrons. The van der Waals surface area contributed by atoms with Crippen molar-refractivity contribution in [2.45, 2.75) is 38.0 Å². The van der Waals surface area contributed by atoms with Crippen LogP contribution >= 0.6 is 0 Å². The van der Waals surface area contributed by atoms with E-state index in [2.05, 4.69) is 43.1 Å². The zero-order valence-corrected chi connectivity index (χ0v) is 20.8. The van der Waals surface area contributed by atoms with Crippen molar-refractivity contribution in [2.24, 2.45) is 0 Å². The molecule has 3 N–H and O–H groups in total. The molecule has 2 bridgehead atoms. The third kappa shape index (κ3) is 4.98. The van der Waals surface area contributed by atoms with Crippen molar-refractivity contribution < 1.29 is 14.3 Å². The number of carbonyl (C=O) groups excluding carboxylic acids is 1.